The molecule has 0 spiro atoms. The molecule has 1 aliphatic rings. The highest BCUT2D eigenvalue weighted by Gasteiger charge is 2.33. The fourth-order valence-electron chi connectivity index (χ4n) is 3.17. The molecular formula is C18H35NO. The summed E-state index contributed by atoms with van der Waals surface area (Å²) >= 11 is 0. The van der Waals surface area contributed by atoms with E-state index in [1.54, 1.807) is 0 Å². The van der Waals surface area contributed by atoms with Crippen molar-refractivity contribution < 1.29 is 4.79 Å². The normalized spacial score (nSPS) is 18.9. The highest BCUT2D eigenvalue weighted by molar-refractivity contribution is 5.60. The maximum Gasteiger partial charge on any atom is 0.127 e. The first kappa shape index (κ1) is 17.7. The summed E-state index contributed by atoms with van der Waals surface area (Å²) in [6.45, 7) is 12.5. The fourth-order valence-corrected chi connectivity index (χ4v) is 3.17. The highest BCUT2D eigenvalue weighted by Crippen LogP contribution is 2.35. The van der Waals surface area contributed by atoms with Gasteiger partial charge in [-0.1, -0.05) is 47.0 Å². The van der Waals surface area contributed by atoms with Crippen LogP contribution < -0.4 is 0 Å². The summed E-state index contributed by atoms with van der Waals surface area (Å²) in [4.78, 5) is 14.2. The monoisotopic (exact) mass is 281 g/mol. The molecule has 0 aromatic carbocycles. The summed E-state index contributed by atoms with van der Waals surface area (Å²) < 4.78 is 0. The lowest BCUT2D eigenvalue weighted by molar-refractivity contribution is -0.119. The second-order valence-corrected chi connectivity index (χ2v) is 7.68. The first-order valence-corrected chi connectivity index (χ1v) is 8.66. The lowest BCUT2D eigenvalue weighted by atomic mass is 9.75. The summed E-state index contributed by atoms with van der Waals surface area (Å²) in [5, 5.41) is 0. The summed E-state index contributed by atoms with van der Waals surface area (Å²) in [6.07, 6.45) is 9.77. The van der Waals surface area contributed by atoms with Crippen LogP contribution in [0.2, 0.25) is 0 Å². The summed E-state index contributed by atoms with van der Waals surface area (Å²) in [5.41, 5.74) is -0.0355. The minimum Gasteiger partial charge on any atom is -0.303 e. The SMILES string of the molecule is CC(C)CCN(CCC(C)C)CC1(C=O)CCCCC1. The van der Waals surface area contributed by atoms with Crippen LogP contribution in [0.25, 0.3) is 0 Å². The van der Waals surface area contributed by atoms with E-state index in [9.17, 15) is 4.79 Å². The zero-order chi connectivity index (χ0) is 15.0. The van der Waals surface area contributed by atoms with Crippen molar-refractivity contribution in [1.29, 1.82) is 0 Å². The van der Waals surface area contributed by atoms with Crippen LogP contribution in [0.3, 0.4) is 0 Å². The molecule has 0 aromatic rings. The lowest BCUT2D eigenvalue weighted by Gasteiger charge is -2.37. The van der Waals surface area contributed by atoms with E-state index in [2.05, 4.69) is 32.6 Å². The summed E-state index contributed by atoms with van der Waals surface area (Å²) in [7, 11) is 0. The summed E-state index contributed by atoms with van der Waals surface area (Å²) in [6, 6.07) is 0. The second kappa shape index (κ2) is 8.81. The maximum absolute atomic E-state index is 11.7. The lowest BCUT2D eigenvalue weighted by Crippen LogP contribution is -2.41. The van der Waals surface area contributed by atoms with Crippen LogP contribution in [0.4, 0.5) is 0 Å². The van der Waals surface area contributed by atoms with Gasteiger partial charge in [-0.3, -0.25) is 0 Å². The number of hydrogen-bond donors (Lipinski definition) is 0. The molecule has 1 aliphatic carbocycles. The van der Waals surface area contributed by atoms with Gasteiger partial charge in [-0.05, 0) is 50.6 Å². The topological polar surface area (TPSA) is 20.3 Å². The molecule has 0 heterocycles. The molecule has 0 aromatic heterocycles. The van der Waals surface area contributed by atoms with Gasteiger partial charge in [0.2, 0.25) is 0 Å². The van der Waals surface area contributed by atoms with Crippen LogP contribution in [-0.4, -0.2) is 30.8 Å². The van der Waals surface area contributed by atoms with Gasteiger partial charge in [0.25, 0.3) is 0 Å². The second-order valence-electron chi connectivity index (χ2n) is 7.68. The third-order valence-electron chi connectivity index (χ3n) is 4.68. The van der Waals surface area contributed by atoms with Gasteiger partial charge in [0.1, 0.15) is 6.29 Å². The van der Waals surface area contributed by atoms with Crippen molar-refractivity contribution in [3.63, 3.8) is 0 Å². The number of carbonyl (C=O) groups excluding carboxylic acids is 1. The first-order chi connectivity index (χ1) is 9.47. The third kappa shape index (κ3) is 6.39. The van der Waals surface area contributed by atoms with Gasteiger partial charge in [-0.25, -0.2) is 0 Å². The molecule has 1 rings (SSSR count). The number of hydrogen-bond acceptors (Lipinski definition) is 2. The van der Waals surface area contributed by atoms with Crippen LogP contribution in [0.5, 0.6) is 0 Å². The minimum atomic E-state index is -0.0355. The molecule has 2 heteroatoms. The van der Waals surface area contributed by atoms with Crippen LogP contribution in [-0.2, 0) is 4.79 Å². The molecular weight excluding hydrogens is 246 g/mol. The largest absolute Gasteiger partial charge is 0.303 e. The summed E-state index contributed by atoms with van der Waals surface area (Å²) in [5.74, 6) is 1.49. The molecule has 0 N–H and O–H groups in total. The Hall–Kier alpha value is -0.370. The molecule has 2 nitrogen and oxygen atoms in total. The molecule has 0 aliphatic heterocycles. The van der Waals surface area contributed by atoms with Crippen LogP contribution in [0.1, 0.15) is 72.6 Å². The van der Waals surface area contributed by atoms with Gasteiger partial charge in [-0.15, -0.1) is 0 Å². The Bertz CT molecular complexity index is 255. The molecule has 1 saturated carbocycles. The predicted molar refractivity (Wildman–Crippen MR) is 86.9 cm³/mol. The van der Waals surface area contributed by atoms with E-state index in [1.165, 1.54) is 38.4 Å². The van der Waals surface area contributed by atoms with E-state index in [4.69, 9.17) is 0 Å². The minimum absolute atomic E-state index is 0.0355. The van der Waals surface area contributed by atoms with E-state index in [0.29, 0.717) is 0 Å². The molecule has 0 radical (unpaired) electrons. The van der Waals surface area contributed by atoms with Crippen LogP contribution >= 0.6 is 0 Å². The van der Waals surface area contributed by atoms with Crippen molar-refractivity contribution in [1.82, 2.24) is 4.90 Å². The molecule has 0 unspecified atom stereocenters. The Balaban J connectivity index is 2.57. The van der Waals surface area contributed by atoms with E-state index in [-0.39, 0.29) is 5.41 Å². The molecule has 0 amide bonds. The average molecular weight is 281 g/mol. The van der Waals surface area contributed by atoms with Gasteiger partial charge in [0.05, 0.1) is 0 Å². The van der Waals surface area contributed by atoms with E-state index >= 15 is 0 Å². The van der Waals surface area contributed by atoms with Crippen molar-refractivity contribution >= 4 is 6.29 Å². The van der Waals surface area contributed by atoms with E-state index in [1.807, 2.05) is 0 Å². The van der Waals surface area contributed by atoms with Crippen molar-refractivity contribution in [3.05, 3.63) is 0 Å². The standard InChI is InChI=1S/C18H35NO/c1-16(2)8-12-19(13-9-17(3)4)14-18(15-20)10-6-5-7-11-18/h15-17H,5-14H2,1-4H3. The quantitative estimate of drug-likeness (QED) is 0.579. The first-order valence-electron chi connectivity index (χ1n) is 8.66. The molecule has 1 fully saturated rings. The molecule has 0 saturated heterocycles. The van der Waals surface area contributed by atoms with Gasteiger partial charge < -0.3 is 9.69 Å². The van der Waals surface area contributed by atoms with Gasteiger partial charge >= 0.3 is 0 Å². The molecule has 118 valence electrons. The van der Waals surface area contributed by atoms with Gasteiger partial charge in [-0.2, -0.15) is 0 Å². The fraction of sp³-hybridized carbons (Fsp3) is 0.944. The van der Waals surface area contributed by atoms with Crippen molar-refractivity contribution in [2.24, 2.45) is 17.3 Å². The van der Waals surface area contributed by atoms with Gasteiger partial charge in [0, 0.05) is 12.0 Å². The number of nitrogens with zero attached hydrogens (tertiary/aromatic N) is 1. The van der Waals surface area contributed by atoms with Crippen molar-refractivity contribution in [3.8, 4) is 0 Å². The number of rotatable bonds is 9. The van der Waals surface area contributed by atoms with Crippen LogP contribution in [0, 0.1) is 17.3 Å². The molecule has 0 atom stereocenters. The van der Waals surface area contributed by atoms with E-state index < -0.39 is 0 Å². The Morgan fingerprint density at radius 3 is 1.85 bits per heavy atom. The smallest absolute Gasteiger partial charge is 0.127 e. The predicted octanol–water partition coefficient (Wildman–Crippen LogP) is 4.53. The number of aldehydes is 1. The van der Waals surface area contributed by atoms with Crippen molar-refractivity contribution in [2.75, 3.05) is 19.6 Å². The third-order valence-corrected chi connectivity index (χ3v) is 4.68. The zero-order valence-corrected chi connectivity index (χ0v) is 14.2. The van der Waals surface area contributed by atoms with Gasteiger partial charge in [0.15, 0.2) is 0 Å². The number of carbonyl (C=O) groups is 1. The average Bonchev–Trinajstić information content (AvgIpc) is 2.42. The highest BCUT2D eigenvalue weighted by atomic mass is 16.1. The molecule has 20 heavy (non-hydrogen) atoms. The van der Waals surface area contributed by atoms with E-state index in [0.717, 1.165) is 44.3 Å². The van der Waals surface area contributed by atoms with Crippen molar-refractivity contribution in [2.45, 2.75) is 72.6 Å². The molecule has 0 bridgehead atoms. The van der Waals surface area contributed by atoms with Crippen LogP contribution in [0.15, 0.2) is 0 Å². The Labute approximate surface area is 126 Å². The maximum atomic E-state index is 11.7. The Morgan fingerprint density at radius 1 is 0.950 bits per heavy atom. The zero-order valence-electron chi connectivity index (χ0n) is 14.2. The Morgan fingerprint density at radius 2 is 1.45 bits per heavy atom. The Kier molecular flexibility index (Phi) is 7.79.